The molecule has 1 aliphatic heterocycles. The van der Waals surface area contributed by atoms with Crippen molar-refractivity contribution in [3.05, 3.63) is 23.0 Å². The van der Waals surface area contributed by atoms with Gasteiger partial charge in [-0.15, -0.1) is 0 Å². The first-order valence-electron chi connectivity index (χ1n) is 6.97. The van der Waals surface area contributed by atoms with Gasteiger partial charge in [0.05, 0.1) is 11.3 Å². The molecule has 2 N–H and O–H groups in total. The van der Waals surface area contributed by atoms with Gasteiger partial charge in [-0.3, -0.25) is 4.79 Å². The first kappa shape index (κ1) is 16.3. The summed E-state index contributed by atoms with van der Waals surface area (Å²) >= 11 is 5.74. The highest BCUT2D eigenvalue weighted by molar-refractivity contribution is 7.88. The molecule has 0 aliphatic carbocycles. The lowest BCUT2D eigenvalue weighted by Crippen LogP contribution is -2.44. The van der Waals surface area contributed by atoms with Crippen LogP contribution in [-0.2, 0) is 10.0 Å². The number of amides is 1. The van der Waals surface area contributed by atoms with Crippen LogP contribution in [0.25, 0.3) is 0 Å². The molecule has 1 aromatic heterocycles. The first-order chi connectivity index (χ1) is 9.88. The predicted molar refractivity (Wildman–Crippen MR) is 81.9 cm³/mol. The second-order valence-electron chi connectivity index (χ2n) is 5.30. The van der Waals surface area contributed by atoms with Crippen LogP contribution in [0.3, 0.4) is 0 Å². The molecule has 0 unspecified atom stereocenters. The predicted octanol–water partition coefficient (Wildman–Crippen LogP) is 1.60. The summed E-state index contributed by atoms with van der Waals surface area (Å²) in [5.41, 5.74) is 0.406. The summed E-state index contributed by atoms with van der Waals surface area (Å²) in [4.78, 5) is 14.6. The SMILES string of the molecule is CS(=O)(=O)N1CCCC[C@@H]1CCNC(=O)c1cc(Cl)c[nH]1. The minimum absolute atomic E-state index is 0.0266. The summed E-state index contributed by atoms with van der Waals surface area (Å²) < 4.78 is 25.0. The van der Waals surface area contributed by atoms with E-state index in [4.69, 9.17) is 11.6 Å². The quantitative estimate of drug-likeness (QED) is 0.858. The number of sulfonamides is 1. The molecular weight excluding hydrogens is 314 g/mol. The third-order valence-corrected chi connectivity index (χ3v) is 5.21. The molecule has 21 heavy (non-hydrogen) atoms. The van der Waals surface area contributed by atoms with Crippen LogP contribution in [0.2, 0.25) is 5.02 Å². The lowest BCUT2D eigenvalue weighted by Gasteiger charge is -2.33. The number of piperidine rings is 1. The van der Waals surface area contributed by atoms with Crippen LogP contribution in [0, 0.1) is 0 Å². The van der Waals surface area contributed by atoms with Gasteiger partial charge in [-0.05, 0) is 25.3 Å². The topological polar surface area (TPSA) is 82.3 Å². The van der Waals surface area contributed by atoms with E-state index in [-0.39, 0.29) is 11.9 Å². The van der Waals surface area contributed by atoms with Crippen molar-refractivity contribution >= 4 is 27.5 Å². The number of carbonyl (C=O) groups is 1. The molecule has 0 radical (unpaired) electrons. The van der Waals surface area contributed by atoms with E-state index in [1.165, 1.54) is 6.26 Å². The minimum atomic E-state index is -3.18. The first-order valence-corrected chi connectivity index (χ1v) is 9.19. The molecule has 1 amide bonds. The van der Waals surface area contributed by atoms with Crippen LogP contribution in [0.4, 0.5) is 0 Å². The molecule has 0 aromatic carbocycles. The molecule has 1 aliphatic rings. The van der Waals surface area contributed by atoms with Crippen molar-refractivity contribution < 1.29 is 13.2 Å². The Kier molecular flexibility index (Phi) is 5.29. The van der Waals surface area contributed by atoms with E-state index in [0.29, 0.717) is 30.2 Å². The third kappa shape index (κ3) is 4.46. The van der Waals surface area contributed by atoms with E-state index >= 15 is 0 Å². The zero-order valence-electron chi connectivity index (χ0n) is 11.9. The van der Waals surface area contributed by atoms with Gasteiger partial charge >= 0.3 is 0 Å². The van der Waals surface area contributed by atoms with Gasteiger partial charge in [0.25, 0.3) is 5.91 Å². The summed E-state index contributed by atoms with van der Waals surface area (Å²) in [5.74, 6) is -0.233. The molecule has 0 bridgehead atoms. The van der Waals surface area contributed by atoms with Gasteiger partial charge in [0.15, 0.2) is 0 Å². The molecule has 0 saturated carbocycles. The molecule has 1 saturated heterocycles. The largest absolute Gasteiger partial charge is 0.356 e. The van der Waals surface area contributed by atoms with Gasteiger partial charge in [0.2, 0.25) is 10.0 Å². The number of nitrogens with one attached hydrogen (secondary N) is 2. The van der Waals surface area contributed by atoms with Crippen molar-refractivity contribution in [2.45, 2.75) is 31.7 Å². The van der Waals surface area contributed by atoms with E-state index in [2.05, 4.69) is 10.3 Å². The standard InChI is InChI=1S/C13H20ClN3O3S/c1-21(19,20)17-7-3-2-4-11(17)5-6-15-13(18)12-8-10(14)9-16-12/h8-9,11,16H,2-7H2,1H3,(H,15,18)/t11-/m1/s1. The smallest absolute Gasteiger partial charge is 0.267 e. The fourth-order valence-electron chi connectivity index (χ4n) is 2.65. The number of halogens is 1. The fourth-order valence-corrected chi connectivity index (χ4v) is 4.02. The van der Waals surface area contributed by atoms with Crippen molar-refractivity contribution in [3.8, 4) is 0 Å². The molecule has 0 spiro atoms. The van der Waals surface area contributed by atoms with Crippen molar-refractivity contribution in [2.24, 2.45) is 0 Å². The van der Waals surface area contributed by atoms with E-state index in [1.807, 2.05) is 0 Å². The Morgan fingerprint density at radius 1 is 1.52 bits per heavy atom. The van der Waals surface area contributed by atoms with Gasteiger partial charge in [-0.1, -0.05) is 18.0 Å². The molecule has 2 rings (SSSR count). The van der Waals surface area contributed by atoms with Crippen LogP contribution < -0.4 is 5.32 Å². The molecule has 1 fully saturated rings. The van der Waals surface area contributed by atoms with Gasteiger partial charge < -0.3 is 10.3 Å². The minimum Gasteiger partial charge on any atom is -0.356 e. The van der Waals surface area contributed by atoms with Gasteiger partial charge in [-0.25, -0.2) is 8.42 Å². The number of aromatic amines is 1. The second kappa shape index (κ2) is 6.81. The fraction of sp³-hybridized carbons (Fsp3) is 0.615. The molecule has 8 heteroatoms. The average Bonchev–Trinajstić information content (AvgIpc) is 2.85. The zero-order valence-corrected chi connectivity index (χ0v) is 13.5. The Bertz CT molecular complexity index is 600. The number of H-pyrrole nitrogens is 1. The third-order valence-electron chi connectivity index (χ3n) is 3.65. The van der Waals surface area contributed by atoms with Gasteiger partial charge in [0.1, 0.15) is 5.69 Å². The number of hydrogen-bond acceptors (Lipinski definition) is 3. The van der Waals surface area contributed by atoms with Gasteiger partial charge in [-0.2, -0.15) is 4.31 Å². The maximum absolute atomic E-state index is 11.8. The van der Waals surface area contributed by atoms with Crippen molar-refractivity contribution in [1.29, 1.82) is 0 Å². The highest BCUT2D eigenvalue weighted by Gasteiger charge is 2.28. The number of hydrogen-bond donors (Lipinski definition) is 2. The van der Waals surface area contributed by atoms with Crippen LogP contribution in [0.1, 0.15) is 36.2 Å². The number of nitrogens with zero attached hydrogens (tertiary/aromatic N) is 1. The van der Waals surface area contributed by atoms with E-state index in [1.54, 1.807) is 16.6 Å². The van der Waals surface area contributed by atoms with E-state index in [0.717, 1.165) is 19.3 Å². The van der Waals surface area contributed by atoms with Crippen LogP contribution in [-0.4, -0.2) is 49.0 Å². The molecule has 1 atom stereocenters. The summed E-state index contributed by atoms with van der Waals surface area (Å²) in [7, 11) is -3.18. The molecule has 1 aromatic rings. The number of carbonyl (C=O) groups excluding carboxylic acids is 1. The summed E-state index contributed by atoms with van der Waals surface area (Å²) in [5, 5.41) is 3.26. The van der Waals surface area contributed by atoms with Crippen LogP contribution in [0.15, 0.2) is 12.3 Å². The van der Waals surface area contributed by atoms with Crippen molar-refractivity contribution in [3.63, 3.8) is 0 Å². The number of rotatable bonds is 5. The Labute approximate surface area is 129 Å². The molecular formula is C13H20ClN3O3S. The van der Waals surface area contributed by atoms with Crippen molar-refractivity contribution in [1.82, 2.24) is 14.6 Å². The number of aromatic nitrogens is 1. The highest BCUT2D eigenvalue weighted by atomic mass is 35.5. The Morgan fingerprint density at radius 3 is 2.90 bits per heavy atom. The molecule has 118 valence electrons. The summed E-state index contributed by atoms with van der Waals surface area (Å²) in [6.45, 7) is 1.01. The maximum Gasteiger partial charge on any atom is 0.267 e. The average molecular weight is 334 g/mol. The van der Waals surface area contributed by atoms with Crippen LogP contribution >= 0.6 is 11.6 Å². The van der Waals surface area contributed by atoms with E-state index in [9.17, 15) is 13.2 Å². The Hall–Kier alpha value is -1.05. The van der Waals surface area contributed by atoms with Gasteiger partial charge in [0, 0.05) is 25.3 Å². The summed E-state index contributed by atoms with van der Waals surface area (Å²) in [6.07, 6.45) is 6.17. The van der Waals surface area contributed by atoms with E-state index < -0.39 is 10.0 Å². The summed E-state index contributed by atoms with van der Waals surface area (Å²) in [6, 6.07) is 1.53. The monoisotopic (exact) mass is 333 g/mol. The Morgan fingerprint density at radius 2 is 2.29 bits per heavy atom. The lowest BCUT2D eigenvalue weighted by atomic mass is 10.0. The second-order valence-corrected chi connectivity index (χ2v) is 7.67. The lowest BCUT2D eigenvalue weighted by molar-refractivity contribution is 0.0945. The normalized spacial score (nSPS) is 20.4. The molecule has 2 heterocycles. The zero-order chi connectivity index (χ0) is 15.5. The highest BCUT2D eigenvalue weighted by Crippen LogP contribution is 2.21. The van der Waals surface area contributed by atoms with Crippen LogP contribution in [0.5, 0.6) is 0 Å². The maximum atomic E-state index is 11.8. The van der Waals surface area contributed by atoms with Crippen molar-refractivity contribution in [2.75, 3.05) is 19.3 Å². The molecule has 6 nitrogen and oxygen atoms in total. The Balaban J connectivity index is 1.85.